The number of halogens is 1. The molecule has 0 atom stereocenters. The summed E-state index contributed by atoms with van der Waals surface area (Å²) in [5, 5.41) is 3.19. The lowest BCUT2D eigenvalue weighted by Gasteiger charge is -2.34. The van der Waals surface area contributed by atoms with E-state index in [1.807, 2.05) is 31.2 Å². The Hall–Kier alpha value is -2.37. The van der Waals surface area contributed by atoms with Crippen LogP contribution in [0, 0.1) is 6.92 Å². The average molecular weight is 372 g/mol. The lowest BCUT2D eigenvalue weighted by atomic mass is 10.2. The Morgan fingerprint density at radius 3 is 2.38 bits per heavy atom. The van der Waals surface area contributed by atoms with Crippen LogP contribution in [0.25, 0.3) is 0 Å². The van der Waals surface area contributed by atoms with Crippen LogP contribution in [0.2, 0.25) is 5.02 Å². The van der Waals surface area contributed by atoms with Gasteiger partial charge in [-0.2, -0.15) is 0 Å². The zero-order valence-corrected chi connectivity index (χ0v) is 15.5. The summed E-state index contributed by atoms with van der Waals surface area (Å²) in [6.45, 7) is 5.35. The predicted octanol–water partition coefficient (Wildman–Crippen LogP) is 2.93. The minimum absolute atomic E-state index is 0.499. The molecule has 26 heavy (non-hydrogen) atoms. The lowest BCUT2D eigenvalue weighted by Crippen LogP contribution is -2.51. The summed E-state index contributed by atoms with van der Waals surface area (Å²) in [6, 6.07) is 15.4. The molecule has 1 heterocycles. The summed E-state index contributed by atoms with van der Waals surface area (Å²) in [5.41, 5.74) is 2.70. The van der Waals surface area contributed by atoms with Crippen molar-refractivity contribution in [2.45, 2.75) is 13.5 Å². The van der Waals surface area contributed by atoms with Gasteiger partial charge < -0.3 is 10.2 Å². The van der Waals surface area contributed by atoms with Crippen LogP contribution in [0.4, 0.5) is 5.69 Å². The number of carbonyl (C=O) groups excluding carboxylic acids is 2. The molecule has 1 aliphatic heterocycles. The highest BCUT2D eigenvalue weighted by molar-refractivity contribution is 6.39. The van der Waals surface area contributed by atoms with Crippen molar-refractivity contribution in [3.05, 3.63) is 64.7 Å². The molecule has 1 aliphatic rings. The number of hydrogen-bond acceptors (Lipinski definition) is 3. The van der Waals surface area contributed by atoms with E-state index in [4.69, 9.17) is 11.6 Å². The van der Waals surface area contributed by atoms with Crippen molar-refractivity contribution >= 4 is 29.1 Å². The van der Waals surface area contributed by atoms with E-state index in [0.717, 1.165) is 25.2 Å². The third-order valence-corrected chi connectivity index (χ3v) is 4.94. The number of anilines is 1. The monoisotopic (exact) mass is 371 g/mol. The second-order valence-corrected chi connectivity index (χ2v) is 6.88. The number of benzene rings is 2. The molecule has 136 valence electrons. The molecule has 3 rings (SSSR count). The SMILES string of the molecule is Cc1ccc(NC(=O)C(=O)N2CCN(Cc3ccccc3)CC2)cc1Cl. The largest absolute Gasteiger partial charge is 0.332 e. The number of rotatable bonds is 3. The van der Waals surface area contributed by atoms with Crippen molar-refractivity contribution in [1.29, 1.82) is 0 Å². The molecule has 1 fully saturated rings. The van der Waals surface area contributed by atoms with Gasteiger partial charge in [-0.1, -0.05) is 48.0 Å². The maximum Gasteiger partial charge on any atom is 0.313 e. The quantitative estimate of drug-likeness (QED) is 0.844. The molecular weight excluding hydrogens is 350 g/mol. The molecule has 0 unspecified atom stereocenters. The van der Waals surface area contributed by atoms with E-state index in [-0.39, 0.29) is 0 Å². The average Bonchev–Trinajstić information content (AvgIpc) is 2.65. The van der Waals surface area contributed by atoms with Gasteiger partial charge in [-0.25, -0.2) is 0 Å². The Morgan fingerprint density at radius 1 is 1.04 bits per heavy atom. The molecular formula is C20H22ClN3O2. The molecule has 2 amide bonds. The van der Waals surface area contributed by atoms with Gasteiger partial charge in [0.1, 0.15) is 0 Å². The normalized spacial score (nSPS) is 14.9. The molecule has 0 aromatic heterocycles. The van der Waals surface area contributed by atoms with Crippen molar-refractivity contribution in [1.82, 2.24) is 9.80 Å². The van der Waals surface area contributed by atoms with Gasteiger partial charge in [-0.3, -0.25) is 14.5 Å². The maximum atomic E-state index is 12.4. The van der Waals surface area contributed by atoms with Gasteiger partial charge in [0.25, 0.3) is 0 Å². The Kier molecular flexibility index (Phi) is 5.91. The van der Waals surface area contributed by atoms with Gasteiger partial charge in [-0.05, 0) is 30.2 Å². The van der Waals surface area contributed by atoms with Crippen LogP contribution in [0.1, 0.15) is 11.1 Å². The van der Waals surface area contributed by atoms with Crippen LogP contribution < -0.4 is 5.32 Å². The van der Waals surface area contributed by atoms with Crippen LogP contribution in [0.3, 0.4) is 0 Å². The van der Waals surface area contributed by atoms with E-state index in [1.165, 1.54) is 5.56 Å². The van der Waals surface area contributed by atoms with E-state index in [2.05, 4.69) is 22.3 Å². The van der Waals surface area contributed by atoms with Crippen molar-refractivity contribution in [2.75, 3.05) is 31.5 Å². The molecule has 5 nitrogen and oxygen atoms in total. The fourth-order valence-electron chi connectivity index (χ4n) is 2.95. The standard InChI is InChI=1S/C20H22ClN3O2/c1-15-7-8-17(13-18(15)21)22-19(25)20(26)24-11-9-23(10-12-24)14-16-5-3-2-4-6-16/h2-8,13H,9-12,14H2,1H3,(H,22,25). The summed E-state index contributed by atoms with van der Waals surface area (Å²) in [6.07, 6.45) is 0. The Bertz CT molecular complexity index is 787. The topological polar surface area (TPSA) is 52.7 Å². The molecule has 2 aromatic rings. The highest BCUT2D eigenvalue weighted by Gasteiger charge is 2.26. The van der Waals surface area contributed by atoms with Crippen LogP contribution >= 0.6 is 11.6 Å². The molecule has 0 spiro atoms. The fraction of sp³-hybridized carbons (Fsp3) is 0.300. The number of nitrogens with one attached hydrogen (secondary N) is 1. The van der Waals surface area contributed by atoms with Gasteiger partial charge >= 0.3 is 11.8 Å². The molecule has 2 aromatic carbocycles. The van der Waals surface area contributed by atoms with Crippen molar-refractivity contribution in [3.63, 3.8) is 0 Å². The van der Waals surface area contributed by atoms with Gasteiger partial charge in [0.15, 0.2) is 0 Å². The number of hydrogen-bond donors (Lipinski definition) is 1. The molecule has 0 aliphatic carbocycles. The van der Waals surface area contributed by atoms with Gasteiger partial charge in [0, 0.05) is 43.4 Å². The zero-order valence-electron chi connectivity index (χ0n) is 14.7. The van der Waals surface area contributed by atoms with Gasteiger partial charge in [0.2, 0.25) is 0 Å². The molecule has 0 saturated carbocycles. The molecule has 0 bridgehead atoms. The molecule has 0 radical (unpaired) electrons. The Labute approximate surface area is 158 Å². The second-order valence-electron chi connectivity index (χ2n) is 6.47. The smallest absolute Gasteiger partial charge is 0.313 e. The van der Waals surface area contributed by atoms with Gasteiger partial charge in [-0.15, -0.1) is 0 Å². The second kappa shape index (κ2) is 8.34. The molecule has 6 heteroatoms. The summed E-state index contributed by atoms with van der Waals surface area (Å²) in [7, 11) is 0. The number of amides is 2. The fourth-order valence-corrected chi connectivity index (χ4v) is 3.13. The summed E-state index contributed by atoms with van der Waals surface area (Å²) < 4.78 is 0. The number of nitrogens with zero attached hydrogens (tertiary/aromatic N) is 2. The zero-order chi connectivity index (χ0) is 18.5. The third-order valence-electron chi connectivity index (χ3n) is 4.53. The maximum absolute atomic E-state index is 12.4. The molecule has 1 saturated heterocycles. The molecule has 1 N–H and O–H groups in total. The number of piperazine rings is 1. The van der Waals surface area contributed by atoms with E-state index in [0.29, 0.717) is 23.8 Å². The predicted molar refractivity (Wildman–Crippen MR) is 103 cm³/mol. The number of carbonyl (C=O) groups is 2. The first kappa shape index (κ1) is 18.4. The van der Waals surface area contributed by atoms with E-state index >= 15 is 0 Å². The van der Waals surface area contributed by atoms with E-state index in [9.17, 15) is 9.59 Å². The lowest BCUT2D eigenvalue weighted by molar-refractivity contribution is -0.144. The highest BCUT2D eigenvalue weighted by Crippen LogP contribution is 2.20. The summed E-state index contributed by atoms with van der Waals surface area (Å²) in [4.78, 5) is 28.5. The Morgan fingerprint density at radius 2 is 1.73 bits per heavy atom. The number of aryl methyl sites for hydroxylation is 1. The minimum Gasteiger partial charge on any atom is -0.332 e. The van der Waals surface area contributed by atoms with Crippen LogP contribution in [-0.2, 0) is 16.1 Å². The van der Waals surface area contributed by atoms with Gasteiger partial charge in [0.05, 0.1) is 0 Å². The first-order chi connectivity index (χ1) is 12.5. The van der Waals surface area contributed by atoms with Crippen LogP contribution in [0.15, 0.2) is 48.5 Å². The highest BCUT2D eigenvalue weighted by atomic mass is 35.5. The van der Waals surface area contributed by atoms with E-state index in [1.54, 1.807) is 17.0 Å². The summed E-state index contributed by atoms with van der Waals surface area (Å²) in [5.74, 6) is -1.12. The van der Waals surface area contributed by atoms with Crippen molar-refractivity contribution in [3.8, 4) is 0 Å². The third kappa shape index (κ3) is 4.62. The van der Waals surface area contributed by atoms with Crippen LogP contribution in [-0.4, -0.2) is 47.8 Å². The first-order valence-corrected chi connectivity index (χ1v) is 9.03. The first-order valence-electron chi connectivity index (χ1n) is 8.65. The Balaban J connectivity index is 1.51. The minimum atomic E-state index is -0.624. The van der Waals surface area contributed by atoms with Crippen molar-refractivity contribution < 1.29 is 9.59 Å². The summed E-state index contributed by atoms with van der Waals surface area (Å²) >= 11 is 6.06. The van der Waals surface area contributed by atoms with E-state index < -0.39 is 11.8 Å². The van der Waals surface area contributed by atoms with Crippen LogP contribution in [0.5, 0.6) is 0 Å². The van der Waals surface area contributed by atoms with Crippen molar-refractivity contribution in [2.24, 2.45) is 0 Å².